The Kier molecular flexibility index (Phi) is 8.59. The number of aryl methyl sites for hydroxylation is 1. The third-order valence-corrected chi connectivity index (χ3v) is 5.98. The highest BCUT2D eigenvalue weighted by Crippen LogP contribution is 2.39. The van der Waals surface area contributed by atoms with E-state index >= 15 is 0 Å². The summed E-state index contributed by atoms with van der Waals surface area (Å²) < 4.78 is 16.1. The van der Waals surface area contributed by atoms with Gasteiger partial charge in [-0.05, 0) is 50.6 Å². The van der Waals surface area contributed by atoms with Gasteiger partial charge in [-0.25, -0.2) is 9.79 Å². The average Bonchev–Trinajstić information content (AvgIpc) is 2.82. The first kappa shape index (κ1) is 25.2. The van der Waals surface area contributed by atoms with Crippen molar-refractivity contribution in [3.05, 3.63) is 64.9 Å². The Hall–Kier alpha value is -3.46. The molecule has 1 amide bonds. The van der Waals surface area contributed by atoms with Crippen LogP contribution in [0.4, 0.5) is 5.69 Å². The molecule has 0 bridgehead atoms. The van der Waals surface area contributed by atoms with E-state index in [2.05, 4.69) is 10.6 Å². The van der Waals surface area contributed by atoms with Crippen molar-refractivity contribution in [2.75, 3.05) is 31.9 Å². The number of nitrogens with zero attached hydrogens (tertiary/aromatic N) is 1. The number of benzene rings is 2. The number of aliphatic imine (C=N–C) groups is 1. The topological polar surface area (TPSA) is 98.2 Å². The monoisotopic (exact) mass is 483 g/mol. The lowest BCUT2D eigenvalue weighted by molar-refractivity contribution is -0.139. The number of amidine groups is 1. The number of nitrogens with one attached hydrogen (secondary N) is 2. The summed E-state index contributed by atoms with van der Waals surface area (Å²) in [6.45, 7) is 5.75. The molecule has 0 aromatic heterocycles. The minimum absolute atomic E-state index is 0.147. The van der Waals surface area contributed by atoms with Gasteiger partial charge in [-0.2, -0.15) is 0 Å². The van der Waals surface area contributed by atoms with Crippen LogP contribution in [-0.2, 0) is 14.3 Å². The Labute approximate surface area is 203 Å². The molecule has 2 aromatic carbocycles. The number of thioether (sulfide) groups is 1. The molecule has 2 aromatic rings. The zero-order chi connectivity index (χ0) is 24.7. The zero-order valence-corrected chi connectivity index (χ0v) is 20.7. The Morgan fingerprint density at radius 1 is 1.12 bits per heavy atom. The van der Waals surface area contributed by atoms with Crippen molar-refractivity contribution in [1.82, 2.24) is 5.32 Å². The number of allylic oxidation sites excluding steroid dienone is 1. The van der Waals surface area contributed by atoms with Crippen molar-refractivity contribution >= 4 is 34.5 Å². The number of amides is 1. The molecule has 1 atom stereocenters. The van der Waals surface area contributed by atoms with Gasteiger partial charge in [0.1, 0.15) is 17.5 Å². The van der Waals surface area contributed by atoms with Gasteiger partial charge in [0.2, 0.25) is 5.91 Å². The van der Waals surface area contributed by atoms with E-state index in [9.17, 15) is 9.59 Å². The van der Waals surface area contributed by atoms with Crippen molar-refractivity contribution in [3.8, 4) is 11.5 Å². The summed E-state index contributed by atoms with van der Waals surface area (Å²) in [6.07, 6.45) is 0. The Morgan fingerprint density at radius 3 is 2.59 bits per heavy atom. The van der Waals surface area contributed by atoms with Crippen molar-refractivity contribution in [3.63, 3.8) is 0 Å². The van der Waals surface area contributed by atoms with Crippen LogP contribution in [0.15, 0.2) is 58.7 Å². The largest absolute Gasteiger partial charge is 0.497 e. The summed E-state index contributed by atoms with van der Waals surface area (Å²) in [5.74, 6) is 0.691. The fraction of sp³-hybridized carbons (Fsp3) is 0.320. The van der Waals surface area contributed by atoms with Gasteiger partial charge in [0.25, 0.3) is 0 Å². The summed E-state index contributed by atoms with van der Waals surface area (Å²) >= 11 is 1.25. The molecule has 2 N–H and O–H groups in total. The van der Waals surface area contributed by atoms with Crippen LogP contribution in [0.3, 0.4) is 0 Å². The predicted octanol–water partition coefficient (Wildman–Crippen LogP) is 4.22. The molecular formula is C25H29N3O5S. The van der Waals surface area contributed by atoms with Gasteiger partial charge in [-0.1, -0.05) is 23.9 Å². The SMILES string of the molecule is CCOC(=O)C1=C(C)NC(SCC(=O)Nc2cccc(C)c2)=N[C@H]1c1ccc(OC)cc1OC. The molecule has 9 heteroatoms. The third-order valence-electron chi connectivity index (χ3n) is 5.09. The maximum atomic E-state index is 12.8. The normalized spacial score (nSPS) is 15.2. The molecule has 0 saturated carbocycles. The van der Waals surface area contributed by atoms with Gasteiger partial charge < -0.3 is 24.8 Å². The summed E-state index contributed by atoms with van der Waals surface area (Å²) in [5, 5.41) is 6.55. The summed E-state index contributed by atoms with van der Waals surface area (Å²) in [6, 6.07) is 12.3. The lowest BCUT2D eigenvalue weighted by Crippen LogP contribution is -2.31. The molecule has 0 spiro atoms. The fourth-order valence-electron chi connectivity index (χ4n) is 3.52. The van der Waals surface area contributed by atoms with E-state index in [1.54, 1.807) is 40.2 Å². The number of methoxy groups -OCH3 is 2. The number of hydrogen-bond donors (Lipinski definition) is 2. The maximum absolute atomic E-state index is 12.8. The number of carbonyl (C=O) groups is 2. The van der Waals surface area contributed by atoms with Crippen LogP contribution in [0, 0.1) is 6.92 Å². The number of hydrogen-bond acceptors (Lipinski definition) is 8. The smallest absolute Gasteiger partial charge is 0.338 e. The van der Waals surface area contributed by atoms with Gasteiger partial charge in [0.05, 0.1) is 32.2 Å². The molecule has 34 heavy (non-hydrogen) atoms. The third kappa shape index (κ3) is 6.11. The van der Waals surface area contributed by atoms with Crippen LogP contribution in [0.1, 0.15) is 31.0 Å². The lowest BCUT2D eigenvalue weighted by atomic mass is 9.95. The predicted molar refractivity (Wildman–Crippen MR) is 134 cm³/mol. The summed E-state index contributed by atoms with van der Waals surface area (Å²) in [4.78, 5) is 30.0. The van der Waals surface area contributed by atoms with E-state index in [-0.39, 0.29) is 18.3 Å². The van der Waals surface area contributed by atoms with Crippen LogP contribution in [0.5, 0.6) is 11.5 Å². The van der Waals surface area contributed by atoms with Crippen LogP contribution in [-0.4, -0.2) is 43.6 Å². The number of esters is 1. The molecule has 0 aliphatic carbocycles. The van der Waals surface area contributed by atoms with Crippen LogP contribution in [0.25, 0.3) is 0 Å². The average molecular weight is 484 g/mol. The molecule has 180 valence electrons. The maximum Gasteiger partial charge on any atom is 0.338 e. The molecule has 0 radical (unpaired) electrons. The first-order valence-electron chi connectivity index (χ1n) is 10.8. The van der Waals surface area contributed by atoms with Crippen LogP contribution >= 0.6 is 11.8 Å². The van der Waals surface area contributed by atoms with Gasteiger partial charge in [-0.3, -0.25) is 4.79 Å². The number of ether oxygens (including phenoxy) is 3. The number of carbonyl (C=O) groups excluding carboxylic acids is 2. The zero-order valence-electron chi connectivity index (χ0n) is 19.9. The van der Waals surface area contributed by atoms with Gasteiger partial charge in [0, 0.05) is 23.0 Å². The summed E-state index contributed by atoms with van der Waals surface area (Å²) in [5.41, 5.74) is 3.49. The summed E-state index contributed by atoms with van der Waals surface area (Å²) in [7, 11) is 3.12. The van der Waals surface area contributed by atoms with Crippen molar-refractivity contribution < 1.29 is 23.8 Å². The Balaban J connectivity index is 1.85. The van der Waals surface area contributed by atoms with Gasteiger partial charge in [-0.15, -0.1) is 0 Å². The minimum Gasteiger partial charge on any atom is -0.497 e. The highest BCUT2D eigenvalue weighted by atomic mass is 32.2. The van der Waals surface area contributed by atoms with E-state index < -0.39 is 12.0 Å². The molecule has 1 aliphatic heterocycles. The molecule has 8 nitrogen and oxygen atoms in total. The highest BCUT2D eigenvalue weighted by molar-refractivity contribution is 8.14. The lowest BCUT2D eigenvalue weighted by Gasteiger charge is -2.26. The number of rotatable bonds is 8. The van der Waals surface area contributed by atoms with E-state index in [0.717, 1.165) is 11.3 Å². The molecule has 3 rings (SSSR count). The standard InChI is InChI=1S/C25H29N3O5S/c1-6-33-24(30)22-16(3)26-25(34-14-21(29)27-17-9-7-8-15(2)12-17)28-23(22)19-11-10-18(31-4)13-20(19)32-5/h7-13,23H,6,14H2,1-5H3,(H,26,28)(H,27,29)/t23-/m0/s1. The minimum atomic E-state index is -0.663. The molecule has 0 unspecified atom stereocenters. The Bertz CT molecular complexity index is 1130. The molecular weight excluding hydrogens is 454 g/mol. The van der Waals surface area contributed by atoms with Crippen LogP contribution in [0.2, 0.25) is 0 Å². The molecule has 0 fully saturated rings. The van der Waals surface area contributed by atoms with Gasteiger partial charge >= 0.3 is 5.97 Å². The van der Waals surface area contributed by atoms with E-state index in [1.807, 2.05) is 37.3 Å². The first-order chi connectivity index (χ1) is 16.4. The van der Waals surface area contributed by atoms with E-state index in [0.29, 0.717) is 33.5 Å². The number of anilines is 1. The second-order valence-corrected chi connectivity index (χ2v) is 8.50. The van der Waals surface area contributed by atoms with Crippen molar-refractivity contribution in [2.45, 2.75) is 26.8 Å². The highest BCUT2D eigenvalue weighted by Gasteiger charge is 2.32. The molecule has 0 saturated heterocycles. The second kappa shape index (κ2) is 11.6. The second-order valence-electron chi connectivity index (χ2n) is 7.54. The molecule has 1 heterocycles. The van der Waals surface area contributed by atoms with Crippen LogP contribution < -0.4 is 20.1 Å². The fourth-order valence-corrected chi connectivity index (χ4v) is 4.26. The molecule has 1 aliphatic rings. The quantitative estimate of drug-likeness (QED) is 0.543. The van der Waals surface area contributed by atoms with Crippen molar-refractivity contribution in [2.24, 2.45) is 4.99 Å². The Morgan fingerprint density at radius 2 is 1.91 bits per heavy atom. The van der Waals surface area contributed by atoms with E-state index in [4.69, 9.17) is 19.2 Å². The van der Waals surface area contributed by atoms with Crippen molar-refractivity contribution in [1.29, 1.82) is 0 Å². The first-order valence-corrected chi connectivity index (χ1v) is 11.8. The van der Waals surface area contributed by atoms with E-state index in [1.165, 1.54) is 11.8 Å². The van der Waals surface area contributed by atoms with Gasteiger partial charge in [0.15, 0.2) is 5.17 Å².